The lowest BCUT2D eigenvalue weighted by Crippen LogP contribution is -2.40. The lowest BCUT2D eigenvalue weighted by molar-refractivity contribution is 0.146. The maximum Gasteiger partial charge on any atom is 0.318 e. The second kappa shape index (κ2) is 7.72. The minimum absolute atomic E-state index is 0.100. The Hall–Kier alpha value is -1.79. The van der Waals surface area contributed by atoms with Gasteiger partial charge in [0.05, 0.1) is 32.2 Å². The lowest BCUT2D eigenvalue weighted by Gasteiger charge is -2.22. The molecule has 20 heavy (non-hydrogen) atoms. The van der Waals surface area contributed by atoms with Crippen molar-refractivity contribution in [2.45, 2.75) is 13.1 Å². The molecule has 5 nitrogen and oxygen atoms in total. The molecule has 0 fully saturated rings. The highest BCUT2D eigenvalue weighted by Crippen LogP contribution is 2.09. The first-order valence-electron chi connectivity index (χ1n) is 6.35. The van der Waals surface area contributed by atoms with E-state index in [1.165, 1.54) is 0 Å². The second-order valence-electron chi connectivity index (χ2n) is 4.28. The van der Waals surface area contributed by atoms with E-state index in [-0.39, 0.29) is 6.03 Å². The van der Waals surface area contributed by atoms with Crippen LogP contribution in [0.5, 0.6) is 0 Å². The number of nitrogens with one attached hydrogen (secondary N) is 1. The third-order valence-corrected chi connectivity index (χ3v) is 3.68. The van der Waals surface area contributed by atoms with Gasteiger partial charge in [-0.2, -0.15) is 0 Å². The molecule has 0 saturated heterocycles. The molecule has 2 heterocycles. The van der Waals surface area contributed by atoms with Crippen LogP contribution in [0.2, 0.25) is 0 Å². The normalized spacial score (nSPS) is 10.4. The fraction of sp³-hybridized carbons (Fsp3) is 0.357. The molecule has 1 N–H and O–H groups in total. The minimum atomic E-state index is -0.100. The van der Waals surface area contributed by atoms with Crippen molar-refractivity contribution in [3.8, 4) is 0 Å². The van der Waals surface area contributed by atoms with Crippen LogP contribution in [0.3, 0.4) is 0 Å². The number of urea groups is 1. The Morgan fingerprint density at radius 1 is 1.50 bits per heavy atom. The third-order valence-electron chi connectivity index (χ3n) is 2.80. The molecule has 6 heteroatoms. The summed E-state index contributed by atoms with van der Waals surface area (Å²) in [6.45, 7) is 2.10. The quantitative estimate of drug-likeness (QED) is 0.854. The predicted octanol–water partition coefficient (Wildman–Crippen LogP) is 2.70. The van der Waals surface area contributed by atoms with Crippen molar-refractivity contribution >= 4 is 17.4 Å². The average molecular weight is 294 g/mol. The number of carbonyl (C=O) groups is 1. The van der Waals surface area contributed by atoms with Gasteiger partial charge in [0.25, 0.3) is 0 Å². The molecule has 2 aromatic rings. The van der Waals surface area contributed by atoms with Crippen molar-refractivity contribution in [2.75, 3.05) is 20.3 Å². The topological polar surface area (TPSA) is 54.7 Å². The number of carbonyl (C=O) groups excluding carboxylic acids is 1. The summed E-state index contributed by atoms with van der Waals surface area (Å²) in [7, 11) is 1.62. The Bertz CT molecular complexity index is 496. The molecule has 0 radical (unpaired) electrons. The molecule has 0 aromatic carbocycles. The molecule has 0 unspecified atom stereocenters. The van der Waals surface area contributed by atoms with Crippen LogP contribution < -0.4 is 5.32 Å². The molecule has 0 aliphatic carbocycles. The first-order chi connectivity index (χ1) is 9.79. The van der Waals surface area contributed by atoms with E-state index < -0.39 is 0 Å². The summed E-state index contributed by atoms with van der Waals surface area (Å²) in [6, 6.07) is 5.73. The van der Waals surface area contributed by atoms with E-state index in [1.54, 1.807) is 35.9 Å². The van der Waals surface area contributed by atoms with Gasteiger partial charge in [-0.1, -0.05) is 6.07 Å². The fourth-order valence-electron chi connectivity index (χ4n) is 1.74. The largest absolute Gasteiger partial charge is 0.472 e. The van der Waals surface area contributed by atoms with Gasteiger partial charge in [-0.3, -0.25) is 0 Å². The van der Waals surface area contributed by atoms with Crippen LogP contribution in [0.1, 0.15) is 10.4 Å². The van der Waals surface area contributed by atoms with E-state index in [2.05, 4.69) is 5.32 Å². The zero-order valence-electron chi connectivity index (χ0n) is 11.4. The van der Waals surface area contributed by atoms with Crippen LogP contribution in [0.25, 0.3) is 0 Å². The first kappa shape index (κ1) is 14.6. The van der Waals surface area contributed by atoms with Gasteiger partial charge in [0, 0.05) is 24.1 Å². The second-order valence-corrected chi connectivity index (χ2v) is 5.32. The highest BCUT2D eigenvalue weighted by molar-refractivity contribution is 7.09. The highest BCUT2D eigenvalue weighted by Gasteiger charge is 2.14. The minimum Gasteiger partial charge on any atom is -0.472 e. The van der Waals surface area contributed by atoms with Crippen molar-refractivity contribution in [3.05, 3.63) is 46.5 Å². The summed E-state index contributed by atoms with van der Waals surface area (Å²) in [6.07, 6.45) is 3.25. The molecule has 2 rings (SSSR count). The summed E-state index contributed by atoms with van der Waals surface area (Å²) in [5.41, 5.74) is 0.965. The number of ether oxygens (including phenoxy) is 1. The zero-order valence-corrected chi connectivity index (χ0v) is 12.2. The van der Waals surface area contributed by atoms with Crippen LogP contribution >= 0.6 is 11.3 Å². The SMILES string of the molecule is COCCN(Cc1ccoc1)C(=O)NCc1cccs1. The number of rotatable bonds is 7. The van der Waals surface area contributed by atoms with Crippen LogP contribution in [-0.2, 0) is 17.8 Å². The molecule has 0 bridgehead atoms. The first-order valence-corrected chi connectivity index (χ1v) is 7.22. The molecule has 0 aliphatic rings. The van der Waals surface area contributed by atoms with Crippen molar-refractivity contribution < 1.29 is 13.9 Å². The van der Waals surface area contributed by atoms with E-state index in [0.29, 0.717) is 26.2 Å². The number of hydrogen-bond acceptors (Lipinski definition) is 4. The molecule has 108 valence electrons. The third kappa shape index (κ3) is 4.40. The van der Waals surface area contributed by atoms with Gasteiger partial charge < -0.3 is 19.4 Å². The Balaban J connectivity index is 1.89. The number of methoxy groups -OCH3 is 1. The zero-order chi connectivity index (χ0) is 14.2. The summed E-state index contributed by atoms with van der Waals surface area (Å²) < 4.78 is 10.1. The summed E-state index contributed by atoms with van der Waals surface area (Å²) >= 11 is 1.63. The summed E-state index contributed by atoms with van der Waals surface area (Å²) in [5.74, 6) is 0. The van der Waals surface area contributed by atoms with Gasteiger partial charge in [-0.25, -0.2) is 4.79 Å². The maximum atomic E-state index is 12.2. The molecule has 0 atom stereocenters. The van der Waals surface area contributed by atoms with Gasteiger partial charge in [-0.15, -0.1) is 11.3 Å². The van der Waals surface area contributed by atoms with Crippen LogP contribution in [-0.4, -0.2) is 31.2 Å². The van der Waals surface area contributed by atoms with E-state index in [0.717, 1.165) is 10.4 Å². The van der Waals surface area contributed by atoms with Crippen molar-refractivity contribution in [3.63, 3.8) is 0 Å². The predicted molar refractivity (Wildman–Crippen MR) is 77.5 cm³/mol. The Labute approximate surface area is 122 Å². The van der Waals surface area contributed by atoms with E-state index in [1.807, 2.05) is 23.6 Å². The van der Waals surface area contributed by atoms with Crippen LogP contribution in [0, 0.1) is 0 Å². The molecule has 2 amide bonds. The van der Waals surface area contributed by atoms with Crippen molar-refractivity contribution in [1.29, 1.82) is 0 Å². The molecular formula is C14H18N2O3S. The summed E-state index contributed by atoms with van der Waals surface area (Å²) in [4.78, 5) is 15.0. The summed E-state index contributed by atoms with van der Waals surface area (Å²) in [5, 5.41) is 4.91. The van der Waals surface area contributed by atoms with Gasteiger partial charge in [0.1, 0.15) is 0 Å². The highest BCUT2D eigenvalue weighted by atomic mass is 32.1. The van der Waals surface area contributed by atoms with Crippen LogP contribution in [0.4, 0.5) is 4.79 Å². The van der Waals surface area contributed by atoms with Crippen molar-refractivity contribution in [1.82, 2.24) is 10.2 Å². The molecule has 2 aromatic heterocycles. The Morgan fingerprint density at radius 3 is 3.05 bits per heavy atom. The van der Waals surface area contributed by atoms with Gasteiger partial charge >= 0.3 is 6.03 Å². The fourth-order valence-corrected chi connectivity index (χ4v) is 2.39. The van der Waals surface area contributed by atoms with Gasteiger partial charge in [0.2, 0.25) is 0 Å². The van der Waals surface area contributed by atoms with E-state index >= 15 is 0 Å². The number of thiophene rings is 1. The Kier molecular flexibility index (Phi) is 5.64. The Morgan fingerprint density at radius 2 is 2.40 bits per heavy atom. The standard InChI is InChI=1S/C14H18N2O3S/c1-18-7-5-16(10-12-4-6-19-11-12)14(17)15-9-13-3-2-8-20-13/h2-4,6,8,11H,5,7,9-10H2,1H3,(H,15,17). The smallest absolute Gasteiger partial charge is 0.318 e. The lowest BCUT2D eigenvalue weighted by atomic mass is 10.3. The van der Waals surface area contributed by atoms with Crippen LogP contribution in [0.15, 0.2) is 40.5 Å². The number of hydrogen-bond donors (Lipinski definition) is 1. The monoisotopic (exact) mass is 294 g/mol. The van der Waals surface area contributed by atoms with Gasteiger partial charge in [0.15, 0.2) is 0 Å². The molecule has 0 aliphatic heterocycles. The number of furan rings is 1. The molecular weight excluding hydrogens is 276 g/mol. The van der Waals surface area contributed by atoms with Crippen molar-refractivity contribution in [2.24, 2.45) is 0 Å². The number of amides is 2. The maximum absolute atomic E-state index is 12.2. The van der Waals surface area contributed by atoms with E-state index in [4.69, 9.17) is 9.15 Å². The number of nitrogens with zero attached hydrogens (tertiary/aromatic N) is 1. The average Bonchev–Trinajstić information content (AvgIpc) is 3.13. The van der Waals surface area contributed by atoms with Gasteiger partial charge in [-0.05, 0) is 17.5 Å². The molecule has 0 spiro atoms. The molecule has 0 saturated carbocycles. The van der Waals surface area contributed by atoms with E-state index in [9.17, 15) is 4.79 Å².